The first kappa shape index (κ1) is 19.9. The summed E-state index contributed by atoms with van der Waals surface area (Å²) in [7, 11) is -3.64. The monoisotopic (exact) mass is 447 g/mol. The number of halogens is 1. The van der Waals surface area contributed by atoms with Crippen LogP contribution in [0.3, 0.4) is 0 Å². The second-order valence-corrected chi connectivity index (χ2v) is 10.5. The molecule has 150 valence electrons. The molecule has 3 N–H and O–H groups in total. The van der Waals surface area contributed by atoms with E-state index in [2.05, 4.69) is 5.10 Å². The number of sulfone groups is 1. The Morgan fingerprint density at radius 3 is 2.59 bits per heavy atom. The summed E-state index contributed by atoms with van der Waals surface area (Å²) in [5.74, 6) is -0.327. The van der Waals surface area contributed by atoms with Gasteiger partial charge in [-0.25, -0.2) is 8.42 Å². The van der Waals surface area contributed by atoms with Crippen LogP contribution in [-0.4, -0.2) is 23.3 Å². The molecule has 2 heterocycles. The Labute approximate surface area is 177 Å². The predicted molar refractivity (Wildman–Crippen MR) is 115 cm³/mol. The molecule has 0 radical (unpaired) electrons. The quantitative estimate of drug-likeness (QED) is 0.466. The first-order valence-corrected chi connectivity index (χ1v) is 11.7. The zero-order valence-electron chi connectivity index (χ0n) is 15.2. The van der Waals surface area contributed by atoms with Gasteiger partial charge in [-0.2, -0.15) is 5.10 Å². The third-order valence-electron chi connectivity index (χ3n) is 4.57. The van der Waals surface area contributed by atoms with Crippen LogP contribution in [0.25, 0.3) is 10.9 Å². The number of hydrogen-bond donors (Lipinski definition) is 2. The maximum Gasteiger partial charge on any atom is 0.193 e. The van der Waals surface area contributed by atoms with Crippen molar-refractivity contribution < 1.29 is 13.5 Å². The second-order valence-electron chi connectivity index (χ2n) is 6.62. The Bertz CT molecular complexity index is 1300. The van der Waals surface area contributed by atoms with E-state index in [1.165, 1.54) is 12.1 Å². The summed E-state index contributed by atoms with van der Waals surface area (Å²) in [6.07, 6.45) is 0. The van der Waals surface area contributed by atoms with Crippen LogP contribution in [0, 0.1) is 0 Å². The predicted octanol–water partition coefficient (Wildman–Crippen LogP) is 3.94. The minimum Gasteiger partial charge on any atom is -0.507 e. The van der Waals surface area contributed by atoms with Crippen molar-refractivity contribution in [1.82, 2.24) is 9.78 Å². The van der Waals surface area contributed by atoms with Gasteiger partial charge in [-0.15, -0.1) is 11.3 Å². The lowest BCUT2D eigenvalue weighted by atomic mass is 10.1. The zero-order chi connectivity index (χ0) is 20.6. The van der Waals surface area contributed by atoms with Crippen molar-refractivity contribution in [2.24, 2.45) is 5.73 Å². The first-order chi connectivity index (χ1) is 13.9. The fraction of sp³-hybridized carbons (Fsp3) is 0.150. The maximum absolute atomic E-state index is 12.8. The highest BCUT2D eigenvalue weighted by Gasteiger charge is 2.23. The van der Waals surface area contributed by atoms with Gasteiger partial charge in [0.05, 0.1) is 27.5 Å². The summed E-state index contributed by atoms with van der Waals surface area (Å²) < 4.78 is 27.9. The number of hydrogen-bond acceptors (Lipinski definition) is 6. The number of benzene rings is 2. The van der Waals surface area contributed by atoms with Gasteiger partial charge in [0.15, 0.2) is 9.84 Å². The topological polar surface area (TPSA) is 98.2 Å². The lowest BCUT2D eigenvalue weighted by Crippen LogP contribution is -2.06. The van der Waals surface area contributed by atoms with Gasteiger partial charge in [-0.3, -0.25) is 4.68 Å². The second kappa shape index (κ2) is 7.79. The van der Waals surface area contributed by atoms with Crippen molar-refractivity contribution in [1.29, 1.82) is 0 Å². The third-order valence-corrected chi connectivity index (χ3v) is 8.01. The van der Waals surface area contributed by atoms with Crippen molar-refractivity contribution in [2.45, 2.75) is 23.1 Å². The molecule has 0 aliphatic heterocycles. The van der Waals surface area contributed by atoms with Crippen LogP contribution in [0.5, 0.6) is 5.75 Å². The summed E-state index contributed by atoms with van der Waals surface area (Å²) in [5.41, 5.74) is 8.68. The number of aromatic nitrogens is 2. The van der Waals surface area contributed by atoms with Crippen molar-refractivity contribution >= 4 is 43.7 Å². The molecule has 9 heteroatoms. The van der Waals surface area contributed by atoms with Gasteiger partial charge in [0, 0.05) is 6.54 Å². The average Bonchev–Trinajstić information content (AvgIpc) is 3.27. The molecule has 0 aliphatic rings. The molecule has 6 nitrogen and oxygen atoms in total. The number of nitrogens with zero attached hydrogens (tertiary/aromatic N) is 2. The summed E-state index contributed by atoms with van der Waals surface area (Å²) in [6.45, 7) is 0.861. The van der Waals surface area contributed by atoms with Crippen molar-refractivity contribution in [3.05, 3.63) is 75.8 Å². The van der Waals surface area contributed by atoms with Crippen LogP contribution >= 0.6 is 22.9 Å². The number of phenols is 1. The molecule has 2 aromatic carbocycles. The molecule has 0 atom stereocenters. The summed E-state index contributed by atoms with van der Waals surface area (Å²) in [4.78, 5) is 0. The lowest BCUT2D eigenvalue weighted by Gasteiger charge is -2.06. The Kier molecular flexibility index (Phi) is 5.35. The summed E-state index contributed by atoms with van der Waals surface area (Å²) >= 11 is 6.90. The molecule has 0 amide bonds. The molecule has 0 spiro atoms. The van der Waals surface area contributed by atoms with E-state index in [0.29, 0.717) is 34.0 Å². The van der Waals surface area contributed by atoms with Gasteiger partial charge in [-0.05, 0) is 35.4 Å². The van der Waals surface area contributed by atoms with Crippen molar-refractivity contribution in [3.8, 4) is 5.75 Å². The molecule has 0 fully saturated rings. The molecule has 0 aliphatic carbocycles. The maximum atomic E-state index is 12.8. The summed E-state index contributed by atoms with van der Waals surface area (Å²) in [6, 6.07) is 15.9. The molecular formula is C20H18ClN3O3S2. The highest BCUT2D eigenvalue weighted by Crippen LogP contribution is 2.33. The average molecular weight is 448 g/mol. The fourth-order valence-corrected chi connectivity index (χ4v) is 6.10. The Hall–Kier alpha value is -2.39. The lowest BCUT2D eigenvalue weighted by molar-refractivity contribution is 0.481. The van der Waals surface area contributed by atoms with E-state index in [4.69, 9.17) is 17.3 Å². The molecule has 0 saturated heterocycles. The van der Waals surface area contributed by atoms with Gasteiger partial charge < -0.3 is 10.8 Å². The summed E-state index contributed by atoms with van der Waals surface area (Å²) in [5, 5.41) is 15.4. The number of nitrogens with two attached hydrogens (primary N) is 1. The van der Waals surface area contributed by atoms with Gasteiger partial charge in [-0.1, -0.05) is 41.9 Å². The van der Waals surface area contributed by atoms with Crippen LogP contribution in [0.1, 0.15) is 16.8 Å². The Balaban J connectivity index is 1.77. The normalized spacial score (nSPS) is 11.9. The van der Waals surface area contributed by atoms with E-state index in [-0.39, 0.29) is 15.7 Å². The van der Waals surface area contributed by atoms with Crippen LogP contribution in [0.2, 0.25) is 4.34 Å². The highest BCUT2D eigenvalue weighted by atomic mass is 35.5. The van der Waals surface area contributed by atoms with Gasteiger partial charge in [0.25, 0.3) is 0 Å². The van der Waals surface area contributed by atoms with Crippen LogP contribution in [0.4, 0.5) is 0 Å². The van der Waals surface area contributed by atoms with E-state index in [1.807, 2.05) is 30.3 Å². The van der Waals surface area contributed by atoms with Crippen molar-refractivity contribution in [3.63, 3.8) is 0 Å². The Morgan fingerprint density at radius 1 is 1.10 bits per heavy atom. The number of thiophene rings is 1. The van der Waals surface area contributed by atoms with Crippen molar-refractivity contribution in [2.75, 3.05) is 0 Å². The molecule has 0 unspecified atom stereocenters. The minimum atomic E-state index is -3.64. The van der Waals surface area contributed by atoms with E-state index in [1.54, 1.807) is 16.8 Å². The van der Waals surface area contributed by atoms with Crippen LogP contribution in [0.15, 0.2) is 58.8 Å². The number of fused-ring (bicyclic) bond motifs is 1. The van der Waals surface area contributed by atoms with Gasteiger partial charge in [0.1, 0.15) is 15.7 Å². The highest BCUT2D eigenvalue weighted by molar-refractivity contribution is 7.92. The van der Waals surface area contributed by atoms with Gasteiger partial charge >= 0.3 is 0 Å². The van der Waals surface area contributed by atoms with E-state index < -0.39 is 9.84 Å². The van der Waals surface area contributed by atoms with E-state index in [0.717, 1.165) is 22.5 Å². The van der Waals surface area contributed by atoms with Gasteiger partial charge in [0.2, 0.25) is 0 Å². The minimum absolute atomic E-state index is 0.00105. The first-order valence-electron chi connectivity index (χ1n) is 8.81. The standard InChI is InChI=1S/C20H18ClN3O3S2/c21-18-7-8-19(28-18)29(26,27)12-15-20-16(5-2-6-17(20)25)24(23-15)11-14-4-1-3-13(9-14)10-22/h1-9,25H,10-12,22H2. The Morgan fingerprint density at radius 2 is 1.86 bits per heavy atom. The molecule has 29 heavy (non-hydrogen) atoms. The van der Waals surface area contributed by atoms with E-state index >= 15 is 0 Å². The smallest absolute Gasteiger partial charge is 0.193 e. The third kappa shape index (κ3) is 4.02. The zero-order valence-corrected chi connectivity index (χ0v) is 17.6. The molecule has 0 saturated carbocycles. The molecule has 2 aromatic heterocycles. The largest absolute Gasteiger partial charge is 0.507 e. The van der Waals surface area contributed by atoms with E-state index in [9.17, 15) is 13.5 Å². The number of rotatable bonds is 6. The molecular weight excluding hydrogens is 430 g/mol. The molecule has 4 rings (SSSR count). The van der Waals surface area contributed by atoms with Crippen LogP contribution in [-0.2, 0) is 28.7 Å². The van der Waals surface area contributed by atoms with Crippen LogP contribution < -0.4 is 5.73 Å². The number of aromatic hydroxyl groups is 1. The SMILES string of the molecule is NCc1cccc(Cn2nc(CS(=O)(=O)c3ccc(Cl)s3)c3c(O)cccc32)c1. The molecule has 4 aromatic rings. The number of phenolic OH excluding ortho intramolecular Hbond substituents is 1. The fourth-order valence-electron chi connectivity index (χ4n) is 3.25. The molecule has 0 bridgehead atoms.